The maximum Gasteiger partial charge on any atom is 0.344 e. The first kappa shape index (κ1) is 15.3. The number of carboxylic acid groups (broad SMARTS) is 1. The van der Waals surface area contributed by atoms with Gasteiger partial charge in [0.1, 0.15) is 0 Å². The van der Waals surface area contributed by atoms with Crippen LogP contribution in [0.25, 0.3) is 0 Å². The summed E-state index contributed by atoms with van der Waals surface area (Å²) >= 11 is 0.905. The highest BCUT2D eigenvalue weighted by Gasteiger charge is 2.31. The van der Waals surface area contributed by atoms with Crippen molar-refractivity contribution in [2.45, 2.75) is 25.5 Å². The second kappa shape index (κ2) is 5.91. The molecule has 1 aromatic rings. The maximum absolute atomic E-state index is 11.6. The predicted molar refractivity (Wildman–Crippen MR) is 67.0 cm³/mol. The molecule has 0 aliphatic rings. The molecule has 0 saturated heterocycles. The lowest BCUT2D eigenvalue weighted by Crippen LogP contribution is -2.34. The van der Waals surface area contributed by atoms with Gasteiger partial charge in [0.2, 0.25) is 0 Å². The third kappa shape index (κ3) is 3.85. The van der Waals surface area contributed by atoms with Gasteiger partial charge >= 0.3 is 17.6 Å². The van der Waals surface area contributed by atoms with Crippen LogP contribution < -0.4 is 5.69 Å². The lowest BCUT2D eigenvalue weighted by Gasteiger charge is -2.21. The van der Waals surface area contributed by atoms with Gasteiger partial charge in [0.15, 0.2) is 5.16 Å². The number of carbonyl (C=O) groups is 2. The number of rotatable bonds is 6. The molecule has 0 aliphatic carbocycles. The molecule has 0 amide bonds. The molecule has 0 saturated carbocycles. The van der Waals surface area contributed by atoms with Crippen LogP contribution in [0.2, 0.25) is 0 Å². The lowest BCUT2D eigenvalue weighted by molar-refractivity contribution is -0.151. The van der Waals surface area contributed by atoms with E-state index in [1.807, 2.05) is 0 Å². The number of ether oxygens (including phenoxy) is 1. The number of nitrogens with zero attached hydrogens (tertiary/aromatic N) is 2. The van der Waals surface area contributed by atoms with Gasteiger partial charge in [-0.1, -0.05) is 11.8 Å². The van der Waals surface area contributed by atoms with Gasteiger partial charge in [-0.3, -0.25) is 14.2 Å². The van der Waals surface area contributed by atoms with E-state index in [4.69, 9.17) is 5.11 Å². The summed E-state index contributed by atoms with van der Waals surface area (Å²) in [6, 6.07) is 0. The topological polar surface area (TPSA) is 114 Å². The molecule has 0 fully saturated rings. The van der Waals surface area contributed by atoms with Gasteiger partial charge in [0.05, 0.1) is 18.3 Å². The molecule has 0 aliphatic heterocycles. The number of esters is 1. The van der Waals surface area contributed by atoms with Gasteiger partial charge < -0.3 is 9.84 Å². The Labute approximate surface area is 113 Å². The molecule has 106 valence electrons. The molecule has 19 heavy (non-hydrogen) atoms. The summed E-state index contributed by atoms with van der Waals surface area (Å²) in [6.45, 7) is 3.31. The molecule has 0 unspecified atom stereocenters. The van der Waals surface area contributed by atoms with E-state index >= 15 is 0 Å². The van der Waals surface area contributed by atoms with Crippen LogP contribution in [0.5, 0.6) is 0 Å². The Kier molecular flexibility index (Phi) is 4.76. The van der Waals surface area contributed by atoms with Crippen LogP contribution >= 0.6 is 11.8 Å². The largest absolute Gasteiger partial charge is 0.481 e. The molecular formula is C10H15N3O5S. The second-order valence-electron chi connectivity index (χ2n) is 4.46. The SMILES string of the molecule is COC(=O)C(C)(C)Cn1c(SCC(=O)O)n[nH]c1=O. The highest BCUT2D eigenvalue weighted by Crippen LogP contribution is 2.22. The van der Waals surface area contributed by atoms with Crippen molar-refractivity contribution < 1.29 is 19.4 Å². The summed E-state index contributed by atoms with van der Waals surface area (Å²) in [5, 5.41) is 14.8. The van der Waals surface area contributed by atoms with Crippen LogP contribution in [0.1, 0.15) is 13.8 Å². The number of carboxylic acids is 1. The molecule has 0 aromatic carbocycles. The van der Waals surface area contributed by atoms with E-state index in [1.54, 1.807) is 13.8 Å². The van der Waals surface area contributed by atoms with Crippen molar-refractivity contribution >= 4 is 23.7 Å². The van der Waals surface area contributed by atoms with Crippen molar-refractivity contribution in [3.8, 4) is 0 Å². The van der Waals surface area contributed by atoms with E-state index in [0.29, 0.717) is 0 Å². The van der Waals surface area contributed by atoms with Gasteiger partial charge in [0, 0.05) is 6.54 Å². The van der Waals surface area contributed by atoms with Crippen molar-refractivity contribution in [3.05, 3.63) is 10.5 Å². The minimum Gasteiger partial charge on any atom is -0.481 e. The fourth-order valence-electron chi connectivity index (χ4n) is 1.42. The summed E-state index contributed by atoms with van der Waals surface area (Å²) in [5.41, 5.74) is -1.41. The smallest absolute Gasteiger partial charge is 0.344 e. The van der Waals surface area contributed by atoms with Crippen LogP contribution in [-0.2, 0) is 20.9 Å². The Hall–Kier alpha value is -1.77. The molecule has 8 nitrogen and oxygen atoms in total. The Balaban J connectivity index is 2.94. The zero-order valence-corrected chi connectivity index (χ0v) is 11.6. The third-order valence-corrected chi connectivity index (χ3v) is 3.30. The summed E-state index contributed by atoms with van der Waals surface area (Å²) < 4.78 is 5.88. The summed E-state index contributed by atoms with van der Waals surface area (Å²) in [5.74, 6) is -1.70. The van der Waals surface area contributed by atoms with Crippen LogP contribution in [0.4, 0.5) is 0 Å². The number of carbonyl (C=O) groups excluding carboxylic acids is 1. The van der Waals surface area contributed by atoms with Crippen LogP contribution in [0.3, 0.4) is 0 Å². The summed E-state index contributed by atoms with van der Waals surface area (Å²) in [7, 11) is 1.27. The number of H-pyrrole nitrogens is 1. The molecule has 2 N–H and O–H groups in total. The van der Waals surface area contributed by atoms with Crippen molar-refractivity contribution in [1.82, 2.24) is 14.8 Å². The highest BCUT2D eigenvalue weighted by atomic mass is 32.2. The molecule has 0 spiro atoms. The van der Waals surface area contributed by atoms with Crippen molar-refractivity contribution in [2.75, 3.05) is 12.9 Å². The van der Waals surface area contributed by atoms with Gasteiger partial charge in [-0.25, -0.2) is 9.89 Å². The average molecular weight is 289 g/mol. The number of aromatic amines is 1. The Morgan fingerprint density at radius 1 is 1.53 bits per heavy atom. The fraction of sp³-hybridized carbons (Fsp3) is 0.600. The first-order chi connectivity index (χ1) is 8.77. The first-order valence-electron chi connectivity index (χ1n) is 5.36. The van der Waals surface area contributed by atoms with E-state index in [1.165, 1.54) is 11.7 Å². The first-order valence-corrected chi connectivity index (χ1v) is 6.34. The minimum absolute atomic E-state index is 0.0525. The molecule has 0 radical (unpaired) electrons. The number of nitrogens with one attached hydrogen (secondary N) is 1. The molecular weight excluding hydrogens is 274 g/mol. The number of hydrogen-bond acceptors (Lipinski definition) is 6. The van der Waals surface area contributed by atoms with Gasteiger partial charge in [-0.05, 0) is 13.8 Å². The van der Waals surface area contributed by atoms with E-state index in [2.05, 4.69) is 14.9 Å². The molecule has 0 atom stereocenters. The van der Waals surface area contributed by atoms with E-state index in [-0.39, 0.29) is 17.5 Å². The second-order valence-corrected chi connectivity index (χ2v) is 5.40. The minimum atomic E-state index is -1.01. The van der Waals surface area contributed by atoms with Crippen molar-refractivity contribution in [3.63, 3.8) is 0 Å². The van der Waals surface area contributed by atoms with Crippen LogP contribution in [0.15, 0.2) is 9.95 Å². The van der Waals surface area contributed by atoms with Gasteiger partial charge in [-0.15, -0.1) is 5.10 Å². The predicted octanol–water partition coefficient (Wildman–Crippen LogP) is -0.0527. The summed E-state index contributed by atoms with van der Waals surface area (Å²) in [6.07, 6.45) is 0. The normalized spacial score (nSPS) is 11.3. The monoisotopic (exact) mass is 289 g/mol. The maximum atomic E-state index is 11.6. The number of hydrogen-bond donors (Lipinski definition) is 2. The van der Waals surface area contributed by atoms with Crippen LogP contribution in [-0.4, -0.2) is 44.7 Å². The molecule has 9 heteroatoms. The molecule has 1 heterocycles. The van der Waals surface area contributed by atoms with Crippen molar-refractivity contribution in [2.24, 2.45) is 5.41 Å². The fourth-order valence-corrected chi connectivity index (χ4v) is 2.08. The van der Waals surface area contributed by atoms with Gasteiger partial charge in [-0.2, -0.15) is 0 Å². The van der Waals surface area contributed by atoms with E-state index in [0.717, 1.165) is 11.8 Å². The molecule has 0 bridgehead atoms. The zero-order valence-electron chi connectivity index (χ0n) is 10.8. The number of thioether (sulfide) groups is 1. The highest BCUT2D eigenvalue weighted by molar-refractivity contribution is 7.99. The summed E-state index contributed by atoms with van der Waals surface area (Å²) in [4.78, 5) is 33.7. The van der Waals surface area contributed by atoms with E-state index < -0.39 is 23.0 Å². The third-order valence-electron chi connectivity index (χ3n) is 2.34. The van der Waals surface area contributed by atoms with Crippen LogP contribution in [0, 0.1) is 5.41 Å². The standard InChI is InChI=1S/C10H15N3O5S/c1-10(2,7(16)18-3)5-13-8(17)11-12-9(13)19-4-6(14)15/h4-5H2,1-3H3,(H,11,17)(H,14,15). The van der Waals surface area contributed by atoms with Crippen molar-refractivity contribution in [1.29, 1.82) is 0 Å². The average Bonchev–Trinajstić information content (AvgIpc) is 2.66. The number of aromatic nitrogens is 3. The Morgan fingerprint density at radius 2 is 2.16 bits per heavy atom. The quantitative estimate of drug-likeness (QED) is 0.557. The molecule has 1 aromatic heterocycles. The Morgan fingerprint density at radius 3 is 2.68 bits per heavy atom. The number of aliphatic carboxylic acids is 1. The Bertz CT molecular complexity index is 534. The zero-order chi connectivity index (χ0) is 14.6. The molecule has 1 rings (SSSR count). The van der Waals surface area contributed by atoms with Gasteiger partial charge in [0.25, 0.3) is 0 Å². The number of methoxy groups -OCH3 is 1. The lowest BCUT2D eigenvalue weighted by atomic mass is 9.94. The van der Waals surface area contributed by atoms with E-state index in [9.17, 15) is 14.4 Å².